The summed E-state index contributed by atoms with van der Waals surface area (Å²) < 4.78 is 6.91. The molecule has 4 heterocycles. The topological polar surface area (TPSA) is 48.6 Å². The molecule has 0 unspecified atom stereocenters. The molecule has 2 saturated heterocycles. The normalized spacial score (nSPS) is 20.7. The van der Waals surface area contributed by atoms with Crippen molar-refractivity contribution in [1.29, 1.82) is 0 Å². The van der Waals surface area contributed by atoms with Crippen LogP contribution in [0, 0.1) is 0 Å². The van der Waals surface area contributed by atoms with Crippen molar-refractivity contribution >= 4 is 43.9 Å². The van der Waals surface area contributed by atoms with Crippen LogP contribution in [-0.2, 0) is 0 Å². The number of anilines is 1. The lowest BCUT2D eigenvalue weighted by Gasteiger charge is -2.42. The Morgan fingerprint density at radius 1 is 1.04 bits per heavy atom. The number of hydrogen-bond acceptors (Lipinski definition) is 6. The lowest BCUT2D eigenvalue weighted by Crippen LogP contribution is -2.53. The van der Waals surface area contributed by atoms with Crippen molar-refractivity contribution in [1.82, 2.24) is 19.8 Å². The van der Waals surface area contributed by atoms with Crippen molar-refractivity contribution in [2.75, 3.05) is 51.2 Å². The van der Waals surface area contributed by atoms with Gasteiger partial charge in [0.2, 0.25) is 5.95 Å². The zero-order valence-electron chi connectivity index (χ0n) is 15.6. The van der Waals surface area contributed by atoms with E-state index in [9.17, 15) is 0 Å². The predicted molar refractivity (Wildman–Crippen MR) is 111 cm³/mol. The average molecular weight is 430 g/mol. The fourth-order valence-electron chi connectivity index (χ4n) is 4.32. The molecule has 0 saturated carbocycles. The first-order valence-corrected chi connectivity index (χ1v) is 10.5. The maximum atomic E-state index is 5.88. The van der Waals surface area contributed by atoms with Crippen molar-refractivity contribution in [2.45, 2.75) is 18.9 Å². The molecule has 2 aromatic heterocycles. The highest BCUT2D eigenvalue weighted by molar-refractivity contribution is 9.10. The molecule has 6 nitrogen and oxygen atoms in total. The number of likely N-dealkylation sites (tertiary alicyclic amines) is 1. The number of furan rings is 1. The number of halogens is 1. The van der Waals surface area contributed by atoms with E-state index in [-0.39, 0.29) is 0 Å². The molecule has 7 heteroatoms. The second-order valence-electron chi connectivity index (χ2n) is 7.68. The number of rotatable bonds is 2. The van der Waals surface area contributed by atoms with Crippen LogP contribution in [0.25, 0.3) is 22.1 Å². The summed E-state index contributed by atoms with van der Waals surface area (Å²) in [6, 6.07) is 6.76. The highest BCUT2D eigenvalue weighted by Gasteiger charge is 2.27. The van der Waals surface area contributed by atoms with Gasteiger partial charge >= 0.3 is 0 Å². The highest BCUT2D eigenvalue weighted by Crippen LogP contribution is 2.30. The largest absolute Gasteiger partial charge is 0.453 e. The van der Waals surface area contributed by atoms with Crippen LogP contribution in [0.4, 0.5) is 5.95 Å². The Morgan fingerprint density at radius 3 is 2.59 bits per heavy atom. The highest BCUT2D eigenvalue weighted by atomic mass is 79.9. The molecule has 0 N–H and O–H groups in total. The number of nitrogens with zero attached hydrogens (tertiary/aromatic N) is 5. The van der Waals surface area contributed by atoms with Crippen molar-refractivity contribution in [3.05, 3.63) is 28.9 Å². The fourth-order valence-corrected chi connectivity index (χ4v) is 4.68. The second-order valence-corrected chi connectivity index (χ2v) is 8.60. The quantitative estimate of drug-likeness (QED) is 0.622. The van der Waals surface area contributed by atoms with E-state index in [0.29, 0.717) is 0 Å². The summed E-state index contributed by atoms with van der Waals surface area (Å²) in [5.74, 6) is 0.813. The summed E-state index contributed by atoms with van der Waals surface area (Å²) in [6.45, 7) is 6.58. The minimum Gasteiger partial charge on any atom is -0.453 e. The molecule has 0 atom stereocenters. The molecule has 0 amide bonds. The molecular formula is C20H24BrN5O. The summed E-state index contributed by atoms with van der Waals surface area (Å²) in [5.41, 5.74) is 2.50. The first-order valence-electron chi connectivity index (χ1n) is 9.70. The van der Waals surface area contributed by atoms with E-state index >= 15 is 0 Å². The number of aromatic nitrogens is 2. The van der Waals surface area contributed by atoms with Gasteiger partial charge in [-0.1, -0.05) is 15.9 Å². The van der Waals surface area contributed by atoms with E-state index < -0.39 is 0 Å². The second kappa shape index (κ2) is 7.04. The maximum absolute atomic E-state index is 5.88. The molecular weight excluding hydrogens is 406 g/mol. The smallest absolute Gasteiger partial charge is 0.226 e. The molecule has 2 aliphatic rings. The van der Waals surface area contributed by atoms with Gasteiger partial charge in [-0.05, 0) is 51.2 Å². The Morgan fingerprint density at radius 2 is 1.81 bits per heavy atom. The van der Waals surface area contributed by atoms with Crippen LogP contribution in [0.15, 0.2) is 33.3 Å². The lowest BCUT2D eigenvalue weighted by atomic mass is 10.0. The van der Waals surface area contributed by atoms with Gasteiger partial charge in [-0.3, -0.25) is 4.90 Å². The summed E-state index contributed by atoms with van der Waals surface area (Å²) in [4.78, 5) is 16.8. The maximum Gasteiger partial charge on any atom is 0.226 e. The van der Waals surface area contributed by atoms with Gasteiger partial charge < -0.3 is 14.2 Å². The molecule has 0 bridgehead atoms. The number of piperazine rings is 1. The third kappa shape index (κ3) is 3.32. The number of hydrogen-bond donors (Lipinski definition) is 0. The Labute approximate surface area is 167 Å². The molecule has 5 rings (SSSR count). The first kappa shape index (κ1) is 17.4. The minimum absolute atomic E-state index is 0.738. The van der Waals surface area contributed by atoms with Crippen molar-refractivity contribution in [3.63, 3.8) is 0 Å². The number of fused-ring (bicyclic) bond motifs is 3. The first-order chi connectivity index (χ1) is 13.2. The molecule has 2 aliphatic heterocycles. The molecule has 0 spiro atoms. The molecule has 27 heavy (non-hydrogen) atoms. The van der Waals surface area contributed by atoms with Crippen LogP contribution < -0.4 is 4.90 Å². The molecule has 2 fully saturated rings. The van der Waals surface area contributed by atoms with E-state index in [4.69, 9.17) is 9.40 Å². The SMILES string of the molecule is CN1CCC(N2CCN(c3ncc4oc5ccc(Br)cc5c4n3)CC2)CC1. The van der Waals surface area contributed by atoms with Gasteiger partial charge in [-0.2, -0.15) is 0 Å². The molecule has 1 aromatic carbocycles. The molecule has 0 radical (unpaired) electrons. The van der Waals surface area contributed by atoms with Gasteiger partial charge in [0.25, 0.3) is 0 Å². The third-order valence-corrected chi connectivity index (χ3v) is 6.45. The number of piperidine rings is 1. The van der Waals surface area contributed by atoms with Crippen molar-refractivity contribution in [3.8, 4) is 0 Å². The van der Waals surface area contributed by atoms with E-state index in [2.05, 4.69) is 48.7 Å². The monoisotopic (exact) mass is 429 g/mol. The lowest BCUT2D eigenvalue weighted by molar-refractivity contribution is 0.115. The van der Waals surface area contributed by atoms with Crippen molar-refractivity contribution < 1.29 is 4.42 Å². The van der Waals surface area contributed by atoms with Gasteiger partial charge in [0, 0.05) is 42.1 Å². The molecule has 142 valence electrons. The Kier molecular flexibility index (Phi) is 4.53. The van der Waals surface area contributed by atoms with Gasteiger partial charge in [0.05, 0.1) is 6.20 Å². The number of benzene rings is 1. The van der Waals surface area contributed by atoms with E-state index in [1.165, 1.54) is 25.9 Å². The van der Waals surface area contributed by atoms with Crippen molar-refractivity contribution in [2.24, 2.45) is 0 Å². The minimum atomic E-state index is 0.738. The van der Waals surface area contributed by atoms with Crippen LogP contribution in [0.3, 0.4) is 0 Å². The van der Waals surface area contributed by atoms with Gasteiger partial charge in [0.1, 0.15) is 11.1 Å². The van der Waals surface area contributed by atoms with Gasteiger partial charge in [-0.15, -0.1) is 0 Å². The Balaban J connectivity index is 1.34. The Hall–Kier alpha value is -1.70. The summed E-state index contributed by atoms with van der Waals surface area (Å²) in [6.07, 6.45) is 4.39. The average Bonchev–Trinajstić information content (AvgIpc) is 3.06. The van der Waals surface area contributed by atoms with Crippen LogP contribution in [-0.4, -0.2) is 72.1 Å². The third-order valence-electron chi connectivity index (χ3n) is 5.96. The van der Waals surface area contributed by atoms with Crippen LogP contribution in [0.1, 0.15) is 12.8 Å². The predicted octanol–water partition coefficient (Wildman–Crippen LogP) is 3.35. The van der Waals surface area contributed by atoms with Crippen LogP contribution >= 0.6 is 15.9 Å². The van der Waals surface area contributed by atoms with E-state index in [1.54, 1.807) is 0 Å². The zero-order valence-corrected chi connectivity index (χ0v) is 17.2. The summed E-state index contributed by atoms with van der Waals surface area (Å²) >= 11 is 3.54. The van der Waals surface area contributed by atoms with Crippen LogP contribution in [0.5, 0.6) is 0 Å². The zero-order chi connectivity index (χ0) is 18.4. The van der Waals surface area contributed by atoms with E-state index in [0.717, 1.165) is 64.7 Å². The summed E-state index contributed by atoms with van der Waals surface area (Å²) in [7, 11) is 2.22. The standard InChI is InChI=1S/C20H24BrN5O/c1-24-6-4-15(5-7-24)25-8-10-26(11-9-25)20-22-13-18-19(23-20)16-12-14(21)2-3-17(16)27-18/h2-3,12-13,15H,4-11H2,1H3. The van der Waals surface area contributed by atoms with Crippen LogP contribution in [0.2, 0.25) is 0 Å². The van der Waals surface area contributed by atoms with E-state index in [1.807, 2.05) is 18.3 Å². The van der Waals surface area contributed by atoms with Gasteiger partial charge in [-0.25, -0.2) is 9.97 Å². The fraction of sp³-hybridized carbons (Fsp3) is 0.500. The summed E-state index contributed by atoms with van der Waals surface area (Å²) in [5, 5.41) is 1.04. The molecule has 0 aliphatic carbocycles. The van der Waals surface area contributed by atoms with Gasteiger partial charge in [0.15, 0.2) is 5.58 Å². The molecule has 3 aromatic rings. The Bertz CT molecular complexity index is 958.